The fourth-order valence-electron chi connectivity index (χ4n) is 2.06. The number of hydrogen-bond donors (Lipinski definition) is 1. The molecule has 0 amide bonds. The van der Waals surface area contributed by atoms with Gasteiger partial charge in [0.2, 0.25) is 0 Å². The molecular weight excluding hydrogens is 177 g/mol. The van der Waals surface area contributed by atoms with E-state index in [1.54, 1.807) is 6.07 Å². The molecular formula is C12H12FN. The van der Waals surface area contributed by atoms with Crippen LogP contribution in [0.2, 0.25) is 0 Å². The minimum atomic E-state index is -0.167. The van der Waals surface area contributed by atoms with Gasteiger partial charge in [0.05, 0.1) is 0 Å². The summed E-state index contributed by atoms with van der Waals surface area (Å²) in [5.41, 5.74) is 2.20. The molecule has 72 valence electrons. The second-order valence-corrected chi connectivity index (χ2v) is 4.08. The maximum absolute atomic E-state index is 12.9. The lowest BCUT2D eigenvalue weighted by molar-refractivity contribution is 0.413. The molecule has 0 bridgehead atoms. The molecule has 0 unspecified atom stereocenters. The Balaban J connectivity index is 2.10. The Bertz CT molecular complexity index is 468. The Morgan fingerprint density at radius 1 is 1.21 bits per heavy atom. The third-order valence-electron chi connectivity index (χ3n) is 3.15. The van der Waals surface area contributed by atoms with E-state index in [0.717, 1.165) is 10.9 Å². The van der Waals surface area contributed by atoms with E-state index in [-0.39, 0.29) is 5.82 Å². The Hall–Kier alpha value is -1.31. The minimum absolute atomic E-state index is 0.167. The minimum Gasteiger partial charge on any atom is -0.358 e. The summed E-state index contributed by atoms with van der Waals surface area (Å²) in [5, 5.41) is 1.12. The average molecular weight is 189 g/mol. The number of benzene rings is 1. The van der Waals surface area contributed by atoms with E-state index in [2.05, 4.69) is 11.1 Å². The number of fused-ring (bicyclic) bond motifs is 1. The summed E-state index contributed by atoms with van der Waals surface area (Å²) < 4.78 is 12.9. The highest BCUT2D eigenvalue weighted by atomic mass is 19.1. The van der Waals surface area contributed by atoms with E-state index in [9.17, 15) is 4.39 Å². The molecule has 0 atom stereocenters. The van der Waals surface area contributed by atoms with Crippen molar-refractivity contribution in [3.05, 3.63) is 35.8 Å². The van der Waals surface area contributed by atoms with Gasteiger partial charge in [-0.2, -0.15) is 0 Å². The van der Waals surface area contributed by atoms with Crippen molar-refractivity contribution < 1.29 is 4.39 Å². The topological polar surface area (TPSA) is 15.8 Å². The van der Waals surface area contributed by atoms with E-state index < -0.39 is 0 Å². The molecule has 0 aliphatic heterocycles. The largest absolute Gasteiger partial charge is 0.358 e. The molecule has 3 rings (SSSR count). The second-order valence-electron chi connectivity index (χ2n) is 4.08. The first kappa shape index (κ1) is 8.04. The van der Waals surface area contributed by atoms with Gasteiger partial charge >= 0.3 is 0 Å². The summed E-state index contributed by atoms with van der Waals surface area (Å²) in [6, 6.07) is 7.07. The summed E-state index contributed by atoms with van der Waals surface area (Å²) in [7, 11) is 0. The van der Waals surface area contributed by atoms with Crippen molar-refractivity contribution in [2.24, 2.45) is 0 Å². The maximum Gasteiger partial charge on any atom is 0.125 e. The van der Waals surface area contributed by atoms with Gasteiger partial charge in [0, 0.05) is 11.2 Å². The Labute approximate surface area is 81.9 Å². The highest BCUT2D eigenvalue weighted by Crippen LogP contribution is 2.36. The van der Waals surface area contributed by atoms with E-state index in [0.29, 0.717) is 5.92 Å². The Kier molecular flexibility index (Phi) is 1.63. The average Bonchev–Trinajstić information content (AvgIpc) is 2.43. The predicted molar refractivity (Wildman–Crippen MR) is 54.8 cm³/mol. The molecule has 1 fully saturated rings. The first-order chi connectivity index (χ1) is 6.83. The van der Waals surface area contributed by atoms with Crippen LogP contribution in [-0.4, -0.2) is 4.98 Å². The van der Waals surface area contributed by atoms with Crippen LogP contribution in [0.15, 0.2) is 24.3 Å². The number of aromatic nitrogens is 1. The standard InChI is InChI=1S/C12H12FN/c13-10-5-4-9-6-11(8-2-1-3-8)14-12(9)7-10/h4-8,14H,1-3H2. The van der Waals surface area contributed by atoms with Crippen LogP contribution in [0.1, 0.15) is 30.9 Å². The second kappa shape index (κ2) is 2.84. The zero-order chi connectivity index (χ0) is 9.54. The quantitative estimate of drug-likeness (QED) is 0.705. The van der Waals surface area contributed by atoms with Gasteiger partial charge in [-0.05, 0) is 48.4 Å². The van der Waals surface area contributed by atoms with Crippen LogP contribution >= 0.6 is 0 Å². The van der Waals surface area contributed by atoms with E-state index >= 15 is 0 Å². The monoisotopic (exact) mass is 189 g/mol. The fourth-order valence-corrected chi connectivity index (χ4v) is 2.06. The number of H-pyrrole nitrogens is 1. The number of rotatable bonds is 1. The Morgan fingerprint density at radius 2 is 2.07 bits per heavy atom. The van der Waals surface area contributed by atoms with Crippen molar-refractivity contribution in [3.63, 3.8) is 0 Å². The zero-order valence-corrected chi connectivity index (χ0v) is 7.89. The van der Waals surface area contributed by atoms with Gasteiger partial charge in [0.15, 0.2) is 0 Å². The van der Waals surface area contributed by atoms with Crippen molar-refractivity contribution >= 4 is 10.9 Å². The molecule has 2 heteroatoms. The van der Waals surface area contributed by atoms with Gasteiger partial charge in [0.25, 0.3) is 0 Å². The Morgan fingerprint density at radius 3 is 2.79 bits per heavy atom. The third-order valence-corrected chi connectivity index (χ3v) is 3.15. The van der Waals surface area contributed by atoms with Gasteiger partial charge in [-0.3, -0.25) is 0 Å². The number of aromatic amines is 1. The smallest absolute Gasteiger partial charge is 0.125 e. The summed E-state index contributed by atoms with van der Waals surface area (Å²) >= 11 is 0. The van der Waals surface area contributed by atoms with E-state index in [4.69, 9.17) is 0 Å². The summed E-state index contributed by atoms with van der Waals surface area (Å²) in [5.74, 6) is 0.518. The van der Waals surface area contributed by atoms with Gasteiger partial charge in [-0.1, -0.05) is 6.42 Å². The fraction of sp³-hybridized carbons (Fsp3) is 0.333. The lowest BCUT2D eigenvalue weighted by Crippen LogP contribution is -2.08. The third kappa shape index (κ3) is 1.14. The molecule has 0 spiro atoms. The molecule has 1 aromatic carbocycles. The van der Waals surface area contributed by atoms with Crippen LogP contribution in [-0.2, 0) is 0 Å². The van der Waals surface area contributed by atoms with Gasteiger partial charge in [-0.25, -0.2) is 4.39 Å². The van der Waals surface area contributed by atoms with E-state index in [1.807, 2.05) is 6.07 Å². The van der Waals surface area contributed by atoms with Crippen molar-refractivity contribution in [1.29, 1.82) is 0 Å². The molecule has 2 aromatic rings. The number of hydrogen-bond acceptors (Lipinski definition) is 0. The van der Waals surface area contributed by atoms with Crippen LogP contribution in [0.5, 0.6) is 0 Å². The first-order valence-corrected chi connectivity index (χ1v) is 5.11. The van der Waals surface area contributed by atoms with Crippen molar-refractivity contribution in [2.45, 2.75) is 25.2 Å². The molecule has 1 heterocycles. The van der Waals surface area contributed by atoms with Crippen molar-refractivity contribution in [1.82, 2.24) is 4.98 Å². The highest BCUT2D eigenvalue weighted by Gasteiger charge is 2.20. The lowest BCUT2D eigenvalue weighted by Gasteiger charge is -2.23. The molecule has 1 saturated carbocycles. The molecule has 1 aromatic heterocycles. The molecule has 14 heavy (non-hydrogen) atoms. The molecule has 1 N–H and O–H groups in total. The van der Waals surface area contributed by atoms with Gasteiger partial charge < -0.3 is 4.98 Å². The van der Waals surface area contributed by atoms with Gasteiger partial charge in [0.1, 0.15) is 5.82 Å². The van der Waals surface area contributed by atoms with Crippen LogP contribution < -0.4 is 0 Å². The summed E-state index contributed by atoms with van der Waals surface area (Å²) in [6.07, 6.45) is 3.87. The maximum atomic E-state index is 12.9. The molecule has 0 saturated heterocycles. The number of nitrogens with one attached hydrogen (secondary N) is 1. The molecule has 0 radical (unpaired) electrons. The molecule has 1 nitrogen and oxygen atoms in total. The normalized spacial score (nSPS) is 17.2. The van der Waals surface area contributed by atoms with E-state index in [1.165, 1.54) is 31.0 Å². The predicted octanol–water partition coefficient (Wildman–Crippen LogP) is 3.57. The summed E-state index contributed by atoms with van der Waals surface area (Å²) in [6.45, 7) is 0. The van der Waals surface area contributed by atoms with Crippen molar-refractivity contribution in [2.75, 3.05) is 0 Å². The summed E-state index contributed by atoms with van der Waals surface area (Å²) in [4.78, 5) is 3.30. The number of halogens is 1. The first-order valence-electron chi connectivity index (χ1n) is 5.11. The lowest BCUT2D eigenvalue weighted by atomic mass is 9.83. The molecule has 1 aliphatic carbocycles. The van der Waals surface area contributed by atoms with Crippen LogP contribution in [0.4, 0.5) is 4.39 Å². The van der Waals surface area contributed by atoms with Crippen molar-refractivity contribution in [3.8, 4) is 0 Å². The van der Waals surface area contributed by atoms with Crippen LogP contribution in [0.3, 0.4) is 0 Å². The zero-order valence-electron chi connectivity index (χ0n) is 7.89. The molecule has 1 aliphatic rings. The highest BCUT2D eigenvalue weighted by molar-refractivity contribution is 5.80. The van der Waals surface area contributed by atoms with Crippen LogP contribution in [0, 0.1) is 5.82 Å². The van der Waals surface area contributed by atoms with Gasteiger partial charge in [-0.15, -0.1) is 0 Å². The van der Waals surface area contributed by atoms with Crippen LogP contribution in [0.25, 0.3) is 10.9 Å². The SMILES string of the molecule is Fc1ccc2cc(C3CCC3)[nH]c2c1.